The minimum atomic E-state index is -0.530. The number of carbonyl (C=O) groups excluding carboxylic acids is 2. The number of nitrogens with one attached hydrogen (secondary N) is 2. The SMILES string of the molecule is COCCN(Cc1nc(C(=O)Nc2ccccc2F)cs1)C(=O)Nc1ccc(OC)cc1. The maximum atomic E-state index is 13.8. The molecule has 3 rings (SSSR count). The van der Waals surface area contributed by atoms with Crippen LogP contribution >= 0.6 is 11.3 Å². The van der Waals surface area contributed by atoms with Gasteiger partial charge in [0.15, 0.2) is 0 Å². The number of amides is 3. The zero-order valence-electron chi connectivity index (χ0n) is 17.6. The van der Waals surface area contributed by atoms with Gasteiger partial charge in [-0.1, -0.05) is 12.1 Å². The number of ether oxygens (including phenoxy) is 2. The number of urea groups is 1. The van der Waals surface area contributed by atoms with Crippen LogP contribution in [0.3, 0.4) is 0 Å². The van der Waals surface area contributed by atoms with Crippen LogP contribution in [0.15, 0.2) is 53.9 Å². The lowest BCUT2D eigenvalue weighted by Crippen LogP contribution is -2.36. The molecule has 3 aromatic rings. The van der Waals surface area contributed by atoms with Crippen LogP contribution in [-0.4, -0.2) is 49.2 Å². The highest BCUT2D eigenvalue weighted by Gasteiger charge is 2.18. The molecule has 0 aliphatic rings. The summed E-state index contributed by atoms with van der Waals surface area (Å²) in [6.07, 6.45) is 0. The largest absolute Gasteiger partial charge is 0.497 e. The molecule has 0 spiro atoms. The lowest BCUT2D eigenvalue weighted by molar-refractivity contribution is 0.102. The summed E-state index contributed by atoms with van der Waals surface area (Å²) in [6, 6.07) is 12.5. The van der Waals surface area contributed by atoms with Crippen LogP contribution in [0.2, 0.25) is 0 Å². The second kappa shape index (κ2) is 11.2. The van der Waals surface area contributed by atoms with Gasteiger partial charge in [0.25, 0.3) is 5.91 Å². The Bertz CT molecular complexity index is 1060. The fourth-order valence-electron chi connectivity index (χ4n) is 2.73. The van der Waals surface area contributed by atoms with Crippen molar-refractivity contribution in [1.82, 2.24) is 9.88 Å². The lowest BCUT2D eigenvalue weighted by Gasteiger charge is -2.22. The fourth-order valence-corrected chi connectivity index (χ4v) is 3.52. The molecule has 0 atom stereocenters. The van der Waals surface area contributed by atoms with Gasteiger partial charge in [0.1, 0.15) is 22.3 Å². The van der Waals surface area contributed by atoms with Gasteiger partial charge in [0.05, 0.1) is 25.9 Å². The van der Waals surface area contributed by atoms with E-state index < -0.39 is 11.7 Å². The van der Waals surface area contributed by atoms with Crippen molar-refractivity contribution in [3.63, 3.8) is 0 Å². The molecule has 0 aliphatic heterocycles. The number of carbonyl (C=O) groups is 2. The van der Waals surface area contributed by atoms with Gasteiger partial charge in [-0.2, -0.15) is 0 Å². The predicted octanol–water partition coefficient (Wildman–Crippen LogP) is 4.22. The Morgan fingerprint density at radius 1 is 1.09 bits per heavy atom. The van der Waals surface area contributed by atoms with Crippen LogP contribution in [0, 0.1) is 5.82 Å². The lowest BCUT2D eigenvalue weighted by atomic mass is 10.3. The van der Waals surface area contributed by atoms with Crippen molar-refractivity contribution in [2.24, 2.45) is 0 Å². The van der Waals surface area contributed by atoms with Crippen molar-refractivity contribution in [2.75, 3.05) is 38.0 Å². The number of halogens is 1. The van der Waals surface area contributed by atoms with Crippen molar-refractivity contribution in [2.45, 2.75) is 6.54 Å². The zero-order valence-corrected chi connectivity index (χ0v) is 18.4. The topological polar surface area (TPSA) is 92.8 Å². The van der Waals surface area contributed by atoms with Gasteiger partial charge in [0.2, 0.25) is 0 Å². The van der Waals surface area contributed by atoms with E-state index in [9.17, 15) is 14.0 Å². The number of thiazole rings is 1. The average Bonchev–Trinajstić information content (AvgIpc) is 3.27. The summed E-state index contributed by atoms with van der Waals surface area (Å²) in [6.45, 7) is 0.847. The van der Waals surface area contributed by atoms with Gasteiger partial charge in [-0.25, -0.2) is 14.2 Å². The summed E-state index contributed by atoms with van der Waals surface area (Å²) in [7, 11) is 3.12. The van der Waals surface area contributed by atoms with Gasteiger partial charge in [-0.05, 0) is 36.4 Å². The summed E-state index contributed by atoms with van der Waals surface area (Å²) >= 11 is 1.24. The van der Waals surface area contributed by atoms with Crippen LogP contribution in [0.25, 0.3) is 0 Å². The van der Waals surface area contributed by atoms with Crippen LogP contribution < -0.4 is 15.4 Å². The summed E-state index contributed by atoms with van der Waals surface area (Å²) in [5.41, 5.74) is 0.838. The van der Waals surface area contributed by atoms with Crippen LogP contribution in [0.5, 0.6) is 5.75 Å². The van der Waals surface area contributed by atoms with Crippen molar-refractivity contribution < 1.29 is 23.5 Å². The molecule has 168 valence electrons. The predicted molar refractivity (Wildman–Crippen MR) is 121 cm³/mol. The third kappa shape index (κ3) is 6.25. The smallest absolute Gasteiger partial charge is 0.322 e. The van der Waals surface area contributed by atoms with E-state index in [-0.39, 0.29) is 24.0 Å². The first-order valence-corrected chi connectivity index (χ1v) is 10.6. The highest BCUT2D eigenvalue weighted by molar-refractivity contribution is 7.09. The second-order valence-corrected chi connectivity index (χ2v) is 7.58. The average molecular weight is 459 g/mol. The molecular weight excluding hydrogens is 435 g/mol. The van der Waals surface area contributed by atoms with E-state index in [2.05, 4.69) is 15.6 Å². The minimum Gasteiger partial charge on any atom is -0.497 e. The Hall–Kier alpha value is -3.50. The summed E-state index contributed by atoms with van der Waals surface area (Å²) < 4.78 is 24.0. The minimum absolute atomic E-state index is 0.0765. The third-order valence-corrected chi connectivity index (χ3v) is 5.26. The molecule has 8 nitrogen and oxygen atoms in total. The summed E-state index contributed by atoms with van der Waals surface area (Å²) in [4.78, 5) is 31.0. The number of benzene rings is 2. The Labute approximate surface area is 189 Å². The molecule has 32 heavy (non-hydrogen) atoms. The van der Waals surface area contributed by atoms with E-state index in [0.717, 1.165) is 0 Å². The molecule has 0 fully saturated rings. The van der Waals surface area contributed by atoms with Crippen molar-refractivity contribution >= 4 is 34.6 Å². The summed E-state index contributed by atoms with van der Waals surface area (Å²) in [5, 5.41) is 7.45. The first-order valence-electron chi connectivity index (χ1n) is 9.69. The maximum Gasteiger partial charge on any atom is 0.322 e. The molecule has 0 unspecified atom stereocenters. The van der Waals surface area contributed by atoms with E-state index in [0.29, 0.717) is 29.6 Å². The number of aromatic nitrogens is 1. The first-order chi connectivity index (χ1) is 15.5. The van der Waals surface area contributed by atoms with Crippen LogP contribution in [0.1, 0.15) is 15.5 Å². The number of hydrogen-bond acceptors (Lipinski definition) is 6. The Kier molecular flexibility index (Phi) is 8.12. The van der Waals surface area contributed by atoms with Gasteiger partial charge in [-0.15, -0.1) is 11.3 Å². The number of para-hydroxylation sites is 1. The van der Waals surface area contributed by atoms with Crippen molar-refractivity contribution in [3.05, 3.63) is 70.4 Å². The van der Waals surface area contributed by atoms with Crippen LogP contribution in [-0.2, 0) is 11.3 Å². The number of anilines is 2. The molecule has 2 aromatic carbocycles. The third-order valence-electron chi connectivity index (χ3n) is 4.43. The molecule has 1 heterocycles. The van der Waals surface area contributed by atoms with Crippen molar-refractivity contribution in [3.8, 4) is 5.75 Å². The normalized spacial score (nSPS) is 10.5. The fraction of sp³-hybridized carbons (Fsp3) is 0.227. The highest BCUT2D eigenvalue weighted by atomic mass is 32.1. The monoisotopic (exact) mass is 458 g/mol. The number of rotatable bonds is 9. The van der Waals surface area contributed by atoms with Crippen molar-refractivity contribution in [1.29, 1.82) is 0 Å². The standard InChI is InChI=1S/C22H23FN4O4S/c1-30-12-11-27(22(29)24-15-7-9-16(31-2)10-8-15)13-20-25-19(14-32-20)21(28)26-18-6-4-3-5-17(18)23/h3-10,14H,11-13H2,1-2H3,(H,24,29)(H,26,28). The Morgan fingerprint density at radius 3 is 2.53 bits per heavy atom. The second-order valence-electron chi connectivity index (χ2n) is 6.63. The number of hydrogen-bond donors (Lipinski definition) is 2. The first kappa shape index (κ1) is 23.2. The van der Waals surface area contributed by atoms with E-state index in [1.54, 1.807) is 49.9 Å². The van der Waals surface area contributed by atoms with E-state index in [4.69, 9.17) is 9.47 Å². The molecule has 0 radical (unpaired) electrons. The molecule has 2 N–H and O–H groups in total. The molecular formula is C22H23FN4O4S. The molecule has 3 amide bonds. The molecule has 0 aliphatic carbocycles. The van der Waals surface area contributed by atoms with Crippen LogP contribution in [0.4, 0.5) is 20.6 Å². The Morgan fingerprint density at radius 2 is 1.84 bits per heavy atom. The van der Waals surface area contributed by atoms with E-state index in [1.165, 1.54) is 34.4 Å². The Balaban J connectivity index is 1.66. The quantitative estimate of drug-likeness (QED) is 0.501. The number of methoxy groups -OCH3 is 2. The van der Waals surface area contributed by atoms with Gasteiger partial charge in [0, 0.05) is 24.7 Å². The molecule has 10 heteroatoms. The zero-order chi connectivity index (χ0) is 22.9. The van der Waals surface area contributed by atoms with E-state index >= 15 is 0 Å². The molecule has 1 aromatic heterocycles. The molecule has 0 bridgehead atoms. The van der Waals surface area contributed by atoms with Gasteiger partial charge >= 0.3 is 6.03 Å². The molecule has 0 saturated carbocycles. The molecule has 0 saturated heterocycles. The van der Waals surface area contributed by atoms with E-state index in [1.807, 2.05) is 0 Å². The number of nitrogens with zero attached hydrogens (tertiary/aromatic N) is 2. The van der Waals surface area contributed by atoms with Gasteiger partial charge < -0.3 is 25.0 Å². The summed E-state index contributed by atoms with van der Waals surface area (Å²) in [5.74, 6) is -0.371. The maximum absolute atomic E-state index is 13.8. The highest BCUT2D eigenvalue weighted by Crippen LogP contribution is 2.18. The van der Waals surface area contributed by atoms with Gasteiger partial charge in [-0.3, -0.25) is 4.79 Å².